The Bertz CT molecular complexity index is 901. The van der Waals surface area contributed by atoms with Crippen LogP contribution in [0, 0.1) is 5.92 Å². The molecule has 4 rings (SSSR count). The second-order valence-corrected chi connectivity index (χ2v) is 8.81. The molecule has 0 bridgehead atoms. The van der Waals surface area contributed by atoms with E-state index in [1.54, 1.807) is 0 Å². The summed E-state index contributed by atoms with van der Waals surface area (Å²) in [6, 6.07) is 7.32. The van der Waals surface area contributed by atoms with E-state index in [1.165, 1.54) is 5.56 Å². The van der Waals surface area contributed by atoms with E-state index in [0.717, 1.165) is 49.0 Å². The number of aryl methyl sites for hydroxylation is 1. The Hall–Kier alpha value is -2.90. The first kappa shape index (κ1) is 21.3. The molecule has 1 saturated carbocycles. The number of hydrogen-bond acceptors (Lipinski definition) is 5. The van der Waals surface area contributed by atoms with Gasteiger partial charge in [-0.05, 0) is 49.1 Å². The van der Waals surface area contributed by atoms with Crippen molar-refractivity contribution in [1.29, 1.82) is 0 Å². The molecule has 0 unspecified atom stereocenters. The Morgan fingerprint density at radius 1 is 1.19 bits per heavy atom. The molecule has 2 fully saturated rings. The van der Waals surface area contributed by atoms with Gasteiger partial charge >= 0.3 is 12.0 Å². The molecule has 1 heterocycles. The molecule has 2 aliphatic carbocycles. The number of nitrogens with zero attached hydrogens (tertiary/aromatic N) is 1. The second-order valence-electron chi connectivity index (χ2n) is 8.81. The fourth-order valence-electron chi connectivity index (χ4n) is 5.10. The standard InChI is InChI=1S/C23H29N3O5/c1-15-7-4-5-12-23(15)21(29)26(22(30)25-23)13-20(28)31-14-19(27)24-18-11-6-9-16-8-2-3-10-17(16)18/h2-3,8,10,15,18H,4-7,9,11-14H2,1H3,(H,24,27)(H,25,30)/t15-,18+,23+/m0/s1. The Labute approximate surface area is 181 Å². The number of hydrogen-bond donors (Lipinski definition) is 2. The van der Waals surface area contributed by atoms with Crippen LogP contribution in [0.1, 0.15) is 62.6 Å². The number of amides is 4. The van der Waals surface area contributed by atoms with Crippen molar-refractivity contribution in [3.8, 4) is 0 Å². The number of carbonyl (C=O) groups is 4. The van der Waals surface area contributed by atoms with Gasteiger partial charge in [0.1, 0.15) is 12.1 Å². The molecule has 166 valence electrons. The third-order valence-electron chi connectivity index (χ3n) is 6.86. The van der Waals surface area contributed by atoms with E-state index >= 15 is 0 Å². The summed E-state index contributed by atoms with van der Waals surface area (Å²) in [5.74, 6) is -1.53. The fraction of sp³-hybridized carbons (Fsp3) is 0.565. The van der Waals surface area contributed by atoms with Crippen molar-refractivity contribution < 1.29 is 23.9 Å². The molecule has 1 saturated heterocycles. The average molecular weight is 428 g/mol. The lowest BCUT2D eigenvalue weighted by Crippen LogP contribution is -2.54. The maximum absolute atomic E-state index is 12.9. The van der Waals surface area contributed by atoms with Gasteiger partial charge in [-0.3, -0.25) is 19.3 Å². The van der Waals surface area contributed by atoms with Crippen LogP contribution < -0.4 is 10.6 Å². The van der Waals surface area contributed by atoms with E-state index in [-0.39, 0.29) is 17.9 Å². The lowest BCUT2D eigenvalue weighted by atomic mass is 9.73. The molecule has 8 heteroatoms. The van der Waals surface area contributed by atoms with Crippen LogP contribution in [0.2, 0.25) is 0 Å². The van der Waals surface area contributed by atoms with E-state index in [9.17, 15) is 19.2 Å². The summed E-state index contributed by atoms with van der Waals surface area (Å²) in [7, 11) is 0. The van der Waals surface area contributed by atoms with Crippen LogP contribution in [0.15, 0.2) is 24.3 Å². The molecule has 8 nitrogen and oxygen atoms in total. The molecular weight excluding hydrogens is 398 g/mol. The van der Waals surface area contributed by atoms with Gasteiger partial charge in [0.25, 0.3) is 11.8 Å². The van der Waals surface area contributed by atoms with Gasteiger partial charge in [0.2, 0.25) is 0 Å². The van der Waals surface area contributed by atoms with Gasteiger partial charge in [-0.1, -0.05) is 44.0 Å². The zero-order chi connectivity index (χ0) is 22.0. The Kier molecular flexibility index (Phi) is 5.98. The highest BCUT2D eigenvalue weighted by Crippen LogP contribution is 2.38. The Morgan fingerprint density at radius 2 is 2.00 bits per heavy atom. The summed E-state index contributed by atoms with van der Waals surface area (Å²) in [5.41, 5.74) is 1.40. The molecule has 1 aromatic carbocycles. The van der Waals surface area contributed by atoms with Gasteiger partial charge in [0, 0.05) is 0 Å². The molecule has 0 radical (unpaired) electrons. The Morgan fingerprint density at radius 3 is 2.81 bits per heavy atom. The zero-order valence-electron chi connectivity index (χ0n) is 17.8. The van der Waals surface area contributed by atoms with Crippen molar-refractivity contribution in [2.45, 2.75) is 63.5 Å². The van der Waals surface area contributed by atoms with Crippen LogP contribution in [-0.4, -0.2) is 47.4 Å². The first-order chi connectivity index (χ1) is 14.9. The van der Waals surface area contributed by atoms with Crippen LogP contribution in [0.25, 0.3) is 0 Å². The van der Waals surface area contributed by atoms with E-state index in [2.05, 4.69) is 16.7 Å². The van der Waals surface area contributed by atoms with Crippen molar-refractivity contribution in [1.82, 2.24) is 15.5 Å². The maximum Gasteiger partial charge on any atom is 0.326 e. The first-order valence-electron chi connectivity index (χ1n) is 11.1. The molecular formula is C23H29N3O5. The van der Waals surface area contributed by atoms with Crippen LogP contribution >= 0.6 is 0 Å². The highest BCUT2D eigenvalue weighted by molar-refractivity contribution is 6.09. The second kappa shape index (κ2) is 8.69. The van der Waals surface area contributed by atoms with Gasteiger partial charge in [-0.25, -0.2) is 4.79 Å². The van der Waals surface area contributed by atoms with Gasteiger partial charge in [-0.15, -0.1) is 0 Å². The minimum atomic E-state index is -0.915. The van der Waals surface area contributed by atoms with E-state index < -0.39 is 36.6 Å². The SMILES string of the molecule is C[C@H]1CCCC[C@@]12NC(=O)N(CC(=O)OCC(=O)N[C@@H]1CCCc3ccccc31)C2=O. The number of rotatable bonds is 5. The number of ether oxygens (including phenoxy) is 1. The van der Waals surface area contributed by atoms with E-state index in [4.69, 9.17) is 4.74 Å². The van der Waals surface area contributed by atoms with E-state index in [0.29, 0.717) is 6.42 Å². The normalized spacial score (nSPS) is 27.6. The average Bonchev–Trinajstić information content (AvgIpc) is 2.99. The molecule has 3 atom stereocenters. The molecule has 4 amide bonds. The number of carbonyl (C=O) groups excluding carboxylic acids is 4. The minimum Gasteiger partial charge on any atom is -0.454 e. The Balaban J connectivity index is 1.29. The summed E-state index contributed by atoms with van der Waals surface area (Å²) in [5, 5.41) is 5.72. The highest BCUT2D eigenvalue weighted by atomic mass is 16.5. The summed E-state index contributed by atoms with van der Waals surface area (Å²) in [6.45, 7) is 1.02. The first-order valence-corrected chi connectivity index (χ1v) is 11.1. The predicted octanol–water partition coefficient (Wildman–Crippen LogP) is 2.22. The highest BCUT2D eigenvalue weighted by Gasteiger charge is 2.55. The van der Waals surface area contributed by atoms with Crippen molar-refractivity contribution in [2.24, 2.45) is 5.92 Å². The molecule has 1 spiro atoms. The predicted molar refractivity (Wildman–Crippen MR) is 112 cm³/mol. The number of esters is 1. The largest absolute Gasteiger partial charge is 0.454 e. The number of fused-ring (bicyclic) bond motifs is 1. The summed E-state index contributed by atoms with van der Waals surface area (Å²) >= 11 is 0. The molecule has 1 aliphatic heterocycles. The topological polar surface area (TPSA) is 105 Å². The lowest BCUT2D eigenvalue weighted by Gasteiger charge is -2.36. The zero-order valence-corrected chi connectivity index (χ0v) is 17.8. The number of nitrogens with one attached hydrogen (secondary N) is 2. The van der Waals surface area contributed by atoms with Crippen LogP contribution in [0.4, 0.5) is 4.79 Å². The van der Waals surface area contributed by atoms with Gasteiger partial charge < -0.3 is 15.4 Å². The van der Waals surface area contributed by atoms with Crippen LogP contribution in [0.3, 0.4) is 0 Å². The quantitative estimate of drug-likeness (QED) is 0.554. The summed E-state index contributed by atoms with van der Waals surface area (Å²) in [6.07, 6.45) is 6.12. The smallest absolute Gasteiger partial charge is 0.326 e. The summed E-state index contributed by atoms with van der Waals surface area (Å²) in [4.78, 5) is 50.8. The minimum absolute atomic E-state index is 0.0165. The van der Waals surface area contributed by atoms with Gasteiger partial charge in [0.15, 0.2) is 6.61 Å². The van der Waals surface area contributed by atoms with Gasteiger partial charge in [0.05, 0.1) is 6.04 Å². The molecule has 0 aromatic heterocycles. The molecule has 1 aromatic rings. The van der Waals surface area contributed by atoms with E-state index in [1.807, 2.05) is 25.1 Å². The summed E-state index contributed by atoms with van der Waals surface area (Å²) < 4.78 is 5.07. The van der Waals surface area contributed by atoms with Crippen molar-refractivity contribution >= 4 is 23.8 Å². The number of benzene rings is 1. The molecule has 2 N–H and O–H groups in total. The number of urea groups is 1. The molecule has 3 aliphatic rings. The lowest BCUT2D eigenvalue weighted by molar-refractivity contribution is -0.151. The van der Waals surface area contributed by atoms with Gasteiger partial charge in [-0.2, -0.15) is 0 Å². The van der Waals surface area contributed by atoms with Crippen LogP contribution in [0.5, 0.6) is 0 Å². The monoisotopic (exact) mass is 427 g/mol. The number of imide groups is 1. The van der Waals surface area contributed by atoms with Crippen molar-refractivity contribution in [3.63, 3.8) is 0 Å². The third kappa shape index (κ3) is 4.16. The van der Waals surface area contributed by atoms with Crippen molar-refractivity contribution in [3.05, 3.63) is 35.4 Å². The maximum atomic E-state index is 12.9. The van der Waals surface area contributed by atoms with Crippen LogP contribution in [-0.2, 0) is 25.5 Å². The van der Waals surface area contributed by atoms with Crippen molar-refractivity contribution in [2.75, 3.05) is 13.2 Å². The third-order valence-corrected chi connectivity index (χ3v) is 6.86. The fourth-order valence-corrected chi connectivity index (χ4v) is 5.10. The molecule has 31 heavy (non-hydrogen) atoms.